The lowest BCUT2D eigenvalue weighted by Gasteiger charge is -2.33. The molecule has 0 saturated heterocycles. The van der Waals surface area contributed by atoms with E-state index in [1.54, 1.807) is 23.1 Å². The van der Waals surface area contributed by atoms with Crippen molar-refractivity contribution in [3.63, 3.8) is 0 Å². The molecule has 2 aromatic heterocycles. The number of thiophene rings is 1. The minimum Gasteiger partial charge on any atom is -0.333 e. The smallest absolute Gasteiger partial charge is 0.333 e. The quantitative estimate of drug-likeness (QED) is 0.381. The van der Waals surface area contributed by atoms with Crippen LogP contribution in [0.3, 0.4) is 0 Å². The molecule has 0 N–H and O–H groups in total. The number of halogens is 3. The lowest BCUT2D eigenvalue weighted by atomic mass is 9.84. The van der Waals surface area contributed by atoms with Crippen LogP contribution in [0.4, 0.5) is 13.2 Å². The van der Waals surface area contributed by atoms with Crippen LogP contribution in [-0.4, -0.2) is 52.7 Å². The topological polar surface area (TPSA) is 89.0 Å². The van der Waals surface area contributed by atoms with Crippen LogP contribution < -0.4 is 0 Å². The molecule has 3 heterocycles. The van der Waals surface area contributed by atoms with Crippen LogP contribution in [0.5, 0.6) is 0 Å². The van der Waals surface area contributed by atoms with Crippen LogP contribution in [0.15, 0.2) is 48.7 Å². The number of fused-ring (bicyclic) bond motifs is 1. The molecule has 7 nitrogen and oxygen atoms in total. The third kappa shape index (κ3) is 6.22. The molecule has 0 bridgehead atoms. The van der Waals surface area contributed by atoms with Crippen molar-refractivity contribution in [3.05, 3.63) is 86.4 Å². The van der Waals surface area contributed by atoms with E-state index in [0.29, 0.717) is 30.1 Å². The van der Waals surface area contributed by atoms with Gasteiger partial charge in [0.25, 0.3) is 0 Å². The van der Waals surface area contributed by atoms with E-state index < -0.39 is 17.9 Å². The summed E-state index contributed by atoms with van der Waals surface area (Å²) in [5.74, 6) is -0.486. The van der Waals surface area contributed by atoms with Gasteiger partial charge in [-0.1, -0.05) is 30.3 Å². The fourth-order valence-corrected chi connectivity index (χ4v) is 5.71. The molecule has 1 unspecified atom stereocenters. The molecule has 2 atom stereocenters. The lowest BCUT2D eigenvalue weighted by Crippen LogP contribution is -2.37. The molecule has 4 rings (SSSR count). The maximum Gasteiger partial charge on any atom is 0.435 e. The van der Waals surface area contributed by atoms with Crippen LogP contribution in [-0.2, 0) is 23.9 Å². The van der Waals surface area contributed by atoms with Gasteiger partial charge in [0.05, 0.1) is 12.6 Å². The van der Waals surface area contributed by atoms with Gasteiger partial charge in [0, 0.05) is 48.1 Å². The molecule has 39 heavy (non-hydrogen) atoms. The number of rotatable bonds is 7. The summed E-state index contributed by atoms with van der Waals surface area (Å²) in [5, 5.41) is 22.4. The molecule has 1 aliphatic heterocycles. The van der Waals surface area contributed by atoms with Gasteiger partial charge in [-0.05, 0) is 43.8 Å². The van der Waals surface area contributed by atoms with Gasteiger partial charge in [0.2, 0.25) is 5.91 Å². The van der Waals surface area contributed by atoms with E-state index in [1.807, 2.05) is 43.3 Å². The Bertz CT molecular complexity index is 1470. The molecule has 3 aromatic rings. The van der Waals surface area contributed by atoms with Gasteiger partial charge in [0.1, 0.15) is 17.0 Å². The van der Waals surface area contributed by atoms with Gasteiger partial charge in [-0.3, -0.25) is 9.48 Å². The van der Waals surface area contributed by atoms with Gasteiger partial charge in [-0.15, -0.1) is 11.3 Å². The van der Waals surface area contributed by atoms with Crippen molar-refractivity contribution in [1.29, 1.82) is 10.5 Å². The molecule has 0 fully saturated rings. The molecule has 1 amide bonds. The molecular formula is C28H27F3N6OS. The standard InChI is InChI=1S/C28H27F3N6OS/c1-18(13-32)37-15-20(27(34-37)28(29,30)31)11-19-7-4-5-8-22(19)24-16-36(26(38)9-6-10-35(2)3)17-25-23(24)12-21(14-33)39-25/h4-9,12,15,18,24H,10-11,16-17H2,1-3H3/b9-6+/t18?,24-/m0/s1. The number of benzene rings is 1. The van der Waals surface area contributed by atoms with Crippen LogP contribution >= 0.6 is 11.3 Å². The predicted octanol–water partition coefficient (Wildman–Crippen LogP) is 5.10. The summed E-state index contributed by atoms with van der Waals surface area (Å²) in [6, 6.07) is 12.3. The zero-order valence-corrected chi connectivity index (χ0v) is 22.6. The summed E-state index contributed by atoms with van der Waals surface area (Å²) in [6.07, 6.45) is -0.133. The highest BCUT2D eigenvalue weighted by molar-refractivity contribution is 7.12. The molecule has 0 saturated carbocycles. The molecule has 11 heteroatoms. The second-order valence-corrected chi connectivity index (χ2v) is 10.8. The van der Waals surface area contributed by atoms with E-state index in [2.05, 4.69) is 11.2 Å². The van der Waals surface area contributed by atoms with Crippen molar-refractivity contribution in [2.24, 2.45) is 0 Å². The first-order valence-electron chi connectivity index (χ1n) is 12.3. The first kappa shape index (κ1) is 28.1. The maximum absolute atomic E-state index is 13.9. The number of carbonyl (C=O) groups excluding carboxylic acids is 1. The molecule has 1 aliphatic rings. The average Bonchev–Trinajstić information content (AvgIpc) is 3.52. The van der Waals surface area contributed by atoms with E-state index in [1.165, 1.54) is 30.5 Å². The summed E-state index contributed by atoms with van der Waals surface area (Å²) in [7, 11) is 3.80. The van der Waals surface area contributed by atoms with Crippen LogP contribution in [0.25, 0.3) is 0 Å². The Hall–Kier alpha value is -3.93. The number of amides is 1. The number of likely N-dealkylation sites (N-methyl/N-ethyl adjacent to an activating group) is 1. The Balaban J connectivity index is 1.74. The van der Waals surface area contributed by atoms with Crippen LogP contribution in [0.2, 0.25) is 0 Å². The third-order valence-electron chi connectivity index (χ3n) is 6.58. The fourth-order valence-electron chi connectivity index (χ4n) is 4.67. The van der Waals surface area contributed by atoms with E-state index in [0.717, 1.165) is 20.7 Å². The van der Waals surface area contributed by atoms with Crippen LogP contribution in [0, 0.1) is 22.7 Å². The fraction of sp³-hybridized carbons (Fsp3) is 0.357. The monoisotopic (exact) mass is 552 g/mol. The van der Waals surface area contributed by atoms with Crippen molar-refractivity contribution < 1.29 is 18.0 Å². The van der Waals surface area contributed by atoms with Gasteiger partial charge < -0.3 is 9.80 Å². The number of nitriles is 2. The van der Waals surface area contributed by atoms with E-state index >= 15 is 0 Å². The van der Waals surface area contributed by atoms with Crippen molar-refractivity contribution >= 4 is 17.2 Å². The number of alkyl halides is 3. The second kappa shape index (κ2) is 11.4. The summed E-state index contributed by atoms with van der Waals surface area (Å²) in [6.45, 7) is 2.78. The molecule has 1 aromatic carbocycles. The van der Waals surface area contributed by atoms with E-state index in [9.17, 15) is 28.5 Å². The Morgan fingerprint density at radius 3 is 2.67 bits per heavy atom. The summed E-state index contributed by atoms with van der Waals surface area (Å²) in [5.41, 5.74) is 1.30. The number of nitrogens with zero attached hydrogens (tertiary/aromatic N) is 6. The highest BCUT2D eigenvalue weighted by Gasteiger charge is 2.38. The first-order chi connectivity index (χ1) is 18.5. The molecule has 0 radical (unpaired) electrons. The number of aromatic nitrogens is 2. The Labute approximate surface area is 229 Å². The zero-order chi connectivity index (χ0) is 28.3. The van der Waals surface area contributed by atoms with Crippen molar-refractivity contribution in [2.45, 2.75) is 38.0 Å². The van der Waals surface area contributed by atoms with Gasteiger partial charge >= 0.3 is 6.18 Å². The van der Waals surface area contributed by atoms with Gasteiger partial charge in [-0.25, -0.2) is 0 Å². The first-order valence-corrected chi connectivity index (χ1v) is 13.1. The highest BCUT2D eigenvalue weighted by atomic mass is 32.1. The van der Waals surface area contributed by atoms with Crippen LogP contribution in [0.1, 0.15) is 56.6 Å². The molecular weight excluding hydrogens is 525 g/mol. The number of carbonyl (C=O) groups is 1. The molecule has 0 aliphatic carbocycles. The maximum atomic E-state index is 13.9. The summed E-state index contributed by atoms with van der Waals surface area (Å²) >= 11 is 1.33. The predicted molar refractivity (Wildman–Crippen MR) is 141 cm³/mol. The normalized spacial score (nSPS) is 16.2. The minimum absolute atomic E-state index is 0.0318. The number of hydrogen-bond acceptors (Lipinski definition) is 6. The van der Waals surface area contributed by atoms with Crippen molar-refractivity contribution in [1.82, 2.24) is 19.6 Å². The summed E-state index contributed by atoms with van der Waals surface area (Å²) in [4.78, 5) is 18.1. The Morgan fingerprint density at radius 1 is 1.26 bits per heavy atom. The third-order valence-corrected chi connectivity index (χ3v) is 7.62. The van der Waals surface area contributed by atoms with Crippen molar-refractivity contribution in [2.75, 3.05) is 27.2 Å². The molecule has 0 spiro atoms. The highest BCUT2D eigenvalue weighted by Crippen LogP contribution is 2.40. The van der Waals surface area contributed by atoms with E-state index in [-0.39, 0.29) is 23.8 Å². The number of hydrogen-bond donors (Lipinski definition) is 0. The SMILES string of the molecule is CC(C#N)n1cc(Cc2ccccc2[C@@H]2CN(C(=O)/C=C/CN(C)C)Cc3sc(C#N)cc32)c(C(F)(F)F)n1. The second-order valence-electron chi connectivity index (χ2n) is 9.70. The van der Waals surface area contributed by atoms with E-state index in [4.69, 9.17) is 0 Å². The van der Waals surface area contributed by atoms with Gasteiger partial charge in [0.15, 0.2) is 5.69 Å². The zero-order valence-electron chi connectivity index (χ0n) is 21.7. The Kier molecular flexibility index (Phi) is 8.24. The largest absolute Gasteiger partial charge is 0.435 e. The molecule has 202 valence electrons. The van der Waals surface area contributed by atoms with Gasteiger partial charge in [-0.2, -0.15) is 28.8 Å². The minimum atomic E-state index is -4.68. The lowest BCUT2D eigenvalue weighted by molar-refractivity contribution is -0.142. The average molecular weight is 553 g/mol. The Morgan fingerprint density at radius 2 is 2.00 bits per heavy atom. The summed E-state index contributed by atoms with van der Waals surface area (Å²) < 4.78 is 42.7. The van der Waals surface area contributed by atoms with Crippen molar-refractivity contribution in [3.8, 4) is 12.1 Å².